The Kier molecular flexibility index (Phi) is 5.68. The molecule has 2 amide bonds. The number of thioether (sulfide) groups is 1. The van der Waals surface area contributed by atoms with E-state index in [0.717, 1.165) is 15.8 Å². The van der Waals surface area contributed by atoms with Crippen LogP contribution in [0.25, 0.3) is 0 Å². The number of amidine groups is 1. The molecule has 6 nitrogen and oxygen atoms in total. The molecule has 7 heteroatoms. The average molecular weight is 446 g/mol. The van der Waals surface area contributed by atoms with Gasteiger partial charge in [-0.3, -0.25) is 19.5 Å². The maximum absolute atomic E-state index is 12.7. The van der Waals surface area contributed by atoms with E-state index in [1.165, 1.54) is 5.56 Å². The van der Waals surface area contributed by atoms with E-state index < -0.39 is 6.10 Å². The van der Waals surface area contributed by atoms with Crippen LogP contribution in [0.5, 0.6) is 0 Å². The molecule has 0 saturated heterocycles. The van der Waals surface area contributed by atoms with E-state index >= 15 is 0 Å². The van der Waals surface area contributed by atoms with Crippen molar-refractivity contribution in [1.82, 2.24) is 9.80 Å². The van der Waals surface area contributed by atoms with Crippen LogP contribution in [0.15, 0.2) is 83.9 Å². The van der Waals surface area contributed by atoms with E-state index in [1.807, 2.05) is 30.4 Å². The third-order valence-electron chi connectivity index (χ3n) is 5.83. The van der Waals surface area contributed by atoms with Crippen LogP contribution in [-0.2, 0) is 5.75 Å². The monoisotopic (exact) mass is 445 g/mol. The van der Waals surface area contributed by atoms with Gasteiger partial charge in [0.15, 0.2) is 5.17 Å². The highest BCUT2D eigenvalue weighted by atomic mass is 32.2. The molecule has 2 aromatic carbocycles. The van der Waals surface area contributed by atoms with Crippen molar-refractivity contribution in [1.29, 1.82) is 0 Å². The average Bonchev–Trinajstić information content (AvgIpc) is 3.29. The van der Waals surface area contributed by atoms with E-state index in [4.69, 9.17) is 4.99 Å². The molecule has 3 aliphatic rings. The summed E-state index contributed by atoms with van der Waals surface area (Å²) >= 11 is 1.64. The zero-order chi connectivity index (χ0) is 22.1. The van der Waals surface area contributed by atoms with Crippen LogP contribution in [0, 0.1) is 0 Å². The van der Waals surface area contributed by atoms with Crippen LogP contribution in [-0.4, -0.2) is 63.2 Å². The van der Waals surface area contributed by atoms with Gasteiger partial charge in [0.2, 0.25) is 0 Å². The Morgan fingerprint density at radius 1 is 0.906 bits per heavy atom. The molecule has 1 aliphatic carbocycles. The molecule has 0 spiro atoms. The van der Waals surface area contributed by atoms with Crippen molar-refractivity contribution >= 4 is 28.7 Å². The lowest BCUT2D eigenvalue weighted by Gasteiger charge is -2.31. The molecule has 0 aromatic heterocycles. The molecular formula is C25H23N3O3S. The maximum Gasteiger partial charge on any atom is 0.261 e. The molecule has 1 N–H and O–H groups in total. The Morgan fingerprint density at radius 3 is 2.28 bits per heavy atom. The number of rotatable bonds is 6. The second-order valence-electron chi connectivity index (χ2n) is 8.01. The molecule has 2 aliphatic heterocycles. The lowest BCUT2D eigenvalue weighted by Crippen LogP contribution is -2.46. The molecular weight excluding hydrogens is 422 g/mol. The van der Waals surface area contributed by atoms with Crippen molar-refractivity contribution in [2.24, 2.45) is 4.99 Å². The first kappa shape index (κ1) is 20.7. The quantitative estimate of drug-likeness (QED) is 0.692. The van der Waals surface area contributed by atoms with E-state index in [1.54, 1.807) is 36.0 Å². The van der Waals surface area contributed by atoms with Gasteiger partial charge < -0.3 is 10.0 Å². The van der Waals surface area contributed by atoms with E-state index in [0.29, 0.717) is 11.1 Å². The van der Waals surface area contributed by atoms with E-state index in [9.17, 15) is 14.7 Å². The fourth-order valence-corrected chi connectivity index (χ4v) is 5.31. The van der Waals surface area contributed by atoms with E-state index in [-0.39, 0.29) is 37.0 Å². The van der Waals surface area contributed by atoms with Crippen molar-refractivity contribution in [2.45, 2.75) is 23.9 Å². The number of β-amino-alcohol motifs (C(OH)–C–C–N with tert-alkyl or cyclic N) is 1. The summed E-state index contributed by atoms with van der Waals surface area (Å²) in [5.74, 6) is 0.0749. The molecule has 5 rings (SSSR count). The predicted molar refractivity (Wildman–Crippen MR) is 126 cm³/mol. The van der Waals surface area contributed by atoms with E-state index in [2.05, 4.69) is 29.2 Å². The number of aliphatic imine (C=N–C) groups is 1. The minimum atomic E-state index is -0.891. The molecule has 3 atom stereocenters. The number of carbonyl (C=O) groups is 2. The van der Waals surface area contributed by atoms with Crippen molar-refractivity contribution in [3.8, 4) is 0 Å². The first-order valence-electron chi connectivity index (χ1n) is 10.6. The first-order chi connectivity index (χ1) is 15.6. The SMILES string of the molecule is O=C1c2ccccc2C(=O)N1CC(O)CN1C(SCc2ccccc2)=NC2C=CC=CC21. The Morgan fingerprint density at radius 2 is 1.56 bits per heavy atom. The van der Waals surface area contributed by atoms with Crippen LogP contribution < -0.4 is 0 Å². The number of fused-ring (bicyclic) bond motifs is 2. The van der Waals surface area contributed by atoms with Crippen molar-refractivity contribution < 1.29 is 14.7 Å². The lowest BCUT2D eigenvalue weighted by atomic mass is 10.0. The Bertz CT molecular complexity index is 1090. The summed E-state index contributed by atoms with van der Waals surface area (Å²) in [6.07, 6.45) is 7.23. The van der Waals surface area contributed by atoms with Gasteiger partial charge in [-0.05, 0) is 17.7 Å². The second-order valence-corrected chi connectivity index (χ2v) is 8.95. The summed E-state index contributed by atoms with van der Waals surface area (Å²) in [6, 6.07) is 17.0. The predicted octanol–water partition coefficient (Wildman–Crippen LogP) is 3.11. The molecule has 2 aromatic rings. The summed E-state index contributed by atoms with van der Waals surface area (Å²) in [5, 5.41) is 11.7. The molecule has 0 fully saturated rings. The molecule has 162 valence electrons. The van der Waals surface area contributed by atoms with Gasteiger partial charge in [-0.1, -0.05) is 78.5 Å². The first-order valence-corrected chi connectivity index (χ1v) is 11.6. The number of nitrogens with zero attached hydrogens (tertiary/aromatic N) is 3. The molecule has 32 heavy (non-hydrogen) atoms. The topological polar surface area (TPSA) is 73.2 Å². The summed E-state index contributed by atoms with van der Waals surface area (Å²) in [6.45, 7) is 0.240. The minimum absolute atomic E-state index is 0.00442. The molecule has 2 heterocycles. The molecule has 3 unspecified atom stereocenters. The molecule has 0 bridgehead atoms. The third-order valence-corrected chi connectivity index (χ3v) is 6.91. The number of allylic oxidation sites excluding steroid dienone is 2. The van der Waals surface area contributed by atoms with Gasteiger partial charge in [0.1, 0.15) is 0 Å². The smallest absolute Gasteiger partial charge is 0.261 e. The number of imide groups is 1. The molecule has 0 radical (unpaired) electrons. The van der Waals surface area contributed by atoms with Gasteiger partial charge >= 0.3 is 0 Å². The summed E-state index contributed by atoms with van der Waals surface area (Å²) in [7, 11) is 0. The fourth-order valence-electron chi connectivity index (χ4n) is 4.26. The van der Waals surface area contributed by atoms with Gasteiger partial charge in [0.25, 0.3) is 11.8 Å². The van der Waals surface area contributed by atoms with Crippen LogP contribution in [0.4, 0.5) is 0 Å². The second kappa shape index (κ2) is 8.76. The highest BCUT2D eigenvalue weighted by molar-refractivity contribution is 8.13. The lowest BCUT2D eigenvalue weighted by molar-refractivity contribution is 0.0509. The van der Waals surface area contributed by atoms with Gasteiger partial charge in [-0.25, -0.2) is 0 Å². The fraction of sp³-hybridized carbons (Fsp3) is 0.240. The number of amides is 2. The number of benzene rings is 2. The standard InChI is InChI=1S/C25H23N3O3S/c29-18(15-28-23(30)19-10-4-5-11-20(19)24(28)31)14-27-22-13-7-6-12-21(22)26-25(27)32-16-17-8-2-1-3-9-17/h1-13,18,21-22,29H,14-16H2. The van der Waals surface area contributed by atoms with Crippen molar-refractivity contribution in [3.05, 3.63) is 95.6 Å². The maximum atomic E-state index is 12.7. The van der Waals surface area contributed by atoms with Crippen LogP contribution in [0.2, 0.25) is 0 Å². The summed E-state index contributed by atoms with van der Waals surface area (Å²) in [4.78, 5) is 33.4. The summed E-state index contributed by atoms with van der Waals surface area (Å²) in [5.41, 5.74) is 1.99. The third kappa shape index (κ3) is 3.89. The Balaban J connectivity index is 1.28. The zero-order valence-corrected chi connectivity index (χ0v) is 18.2. The van der Waals surface area contributed by atoms with Crippen molar-refractivity contribution in [2.75, 3.05) is 13.1 Å². The number of aliphatic hydroxyl groups excluding tert-OH is 1. The van der Waals surface area contributed by atoms with Gasteiger partial charge in [0, 0.05) is 12.3 Å². The Labute approximate surface area is 190 Å². The number of carbonyl (C=O) groups excluding carboxylic acids is 2. The number of aliphatic hydroxyl groups is 1. The number of hydrogen-bond donors (Lipinski definition) is 1. The van der Waals surface area contributed by atoms with Gasteiger partial charge in [-0.2, -0.15) is 0 Å². The summed E-state index contributed by atoms with van der Waals surface area (Å²) < 4.78 is 0. The highest BCUT2D eigenvalue weighted by Gasteiger charge is 2.39. The van der Waals surface area contributed by atoms with Crippen LogP contribution in [0.1, 0.15) is 26.3 Å². The zero-order valence-electron chi connectivity index (χ0n) is 17.4. The molecule has 0 saturated carbocycles. The normalized spacial score (nSPS) is 22.2. The highest BCUT2D eigenvalue weighted by Crippen LogP contribution is 2.30. The minimum Gasteiger partial charge on any atom is -0.389 e. The Hall–Kier alpha value is -3.16. The van der Waals surface area contributed by atoms with Crippen LogP contribution in [0.3, 0.4) is 0 Å². The largest absolute Gasteiger partial charge is 0.389 e. The van der Waals surface area contributed by atoms with Gasteiger partial charge in [-0.15, -0.1) is 0 Å². The van der Waals surface area contributed by atoms with Crippen LogP contribution >= 0.6 is 11.8 Å². The van der Waals surface area contributed by atoms with Gasteiger partial charge in [0.05, 0.1) is 35.9 Å². The number of hydrogen-bond acceptors (Lipinski definition) is 6. The van der Waals surface area contributed by atoms with Crippen molar-refractivity contribution in [3.63, 3.8) is 0 Å².